The van der Waals surface area contributed by atoms with Gasteiger partial charge in [-0.3, -0.25) is 0 Å². The van der Waals surface area contributed by atoms with Crippen LogP contribution in [0, 0.1) is 5.41 Å². The van der Waals surface area contributed by atoms with E-state index in [1.165, 1.54) is 6.42 Å². The highest BCUT2D eigenvalue weighted by atomic mass is 16.5. The fourth-order valence-electron chi connectivity index (χ4n) is 2.88. The Morgan fingerprint density at radius 3 is 2.76 bits per heavy atom. The van der Waals surface area contributed by atoms with E-state index in [0.29, 0.717) is 5.82 Å². The first-order valence-electron chi connectivity index (χ1n) is 6.57. The topological polar surface area (TPSA) is 64.9 Å². The molecule has 0 aromatic carbocycles. The summed E-state index contributed by atoms with van der Waals surface area (Å²) in [7, 11) is 0. The van der Waals surface area contributed by atoms with Crippen LogP contribution < -0.4 is 5.73 Å². The van der Waals surface area contributed by atoms with E-state index in [0.717, 1.165) is 38.0 Å². The van der Waals surface area contributed by atoms with Crippen molar-refractivity contribution >= 4 is 0 Å². The van der Waals surface area contributed by atoms with Crippen molar-refractivity contribution in [2.75, 3.05) is 0 Å². The average molecular weight is 237 g/mol. The van der Waals surface area contributed by atoms with Crippen molar-refractivity contribution in [3.05, 3.63) is 11.7 Å². The molecule has 17 heavy (non-hydrogen) atoms. The lowest BCUT2D eigenvalue weighted by molar-refractivity contribution is 0.142. The molecular formula is C13H23N3O. The van der Waals surface area contributed by atoms with Crippen LogP contribution in [-0.2, 0) is 12.0 Å². The molecule has 0 radical (unpaired) electrons. The van der Waals surface area contributed by atoms with E-state index in [9.17, 15) is 0 Å². The van der Waals surface area contributed by atoms with Gasteiger partial charge in [-0.1, -0.05) is 32.3 Å². The monoisotopic (exact) mass is 237 g/mol. The predicted molar refractivity (Wildman–Crippen MR) is 66.4 cm³/mol. The van der Waals surface area contributed by atoms with Gasteiger partial charge >= 0.3 is 0 Å². The van der Waals surface area contributed by atoms with Gasteiger partial charge < -0.3 is 10.3 Å². The molecule has 2 rings (SSSR count). The van der Waals surface area contributed by atoms with Crippen LogP contribution in [0.15, 0.2) is 4.52 Å². The Bertz CT molecular complexity index is 386. The van der Waals surface area contributed by atoms with Crippen LogP contribution in [0.2, 0.25) is 0 Å². The number of nitrogens with two attached hydrogens (primary N) is 1. The molecule has 1 saturated carbocycles. The molecule has 1 fully saturated rings. The molecule has 1 aliphatic carbocycles. The maximum atomic E-state index is 6.48. The number of aromatic nitrogens is 2. The third kappa shape index (κ3) is 2.68. The summed E-state index contributed by atoms with van der Waals surface area (Å²) in [5.74, 6) is 1.42. The van der Waals surface area contributed by atoms with Gasteiger partial charge in [0.05, 0.1) is 5.54 Å². The minimum absolute atomic E-state index is 0.276. The zero-order chi connectivity index (χ0) is 12.5. The van der Waals surface area contributed by atoms with Gasteiger partial charge in [0.25, 0.3) is 0 Å². The lowest BCUT2D eigenvalue weighted by Crippen LogP contribution is -2.45. The van der Waals surface area contributed by atoms with Gasteiger partial charge in [0.2, 0.25) is 5.89 Å². The summed E-state index contributed by atoms with van der Waals surface area (Å²) in [5.41, 5.74) is 6.37. The molecule has 1 heterocycles. The Kier molecular flexibility index (Phi) is 3.25. The zero-order valence-corrected chi connectivity index (χ0v) is 11.1. The molecule has 0 bridgehead atoms. The van der Waals surface area contributed by atoms with E-state index in [-0.39, 0.29) is 5.41 Å². The second-order valence-electron chi connectivity index (χ2n) is 6.11. The van der Waals surface area contributed by atoms with Crippen LogP contribution in [0.1, 0.15) is 64.6 Å². The van der Waals surface area contributed by atoms with E-state index in [4.69, 9.17) is 10.3 Å². The second kappa shape index (κ2) is 4.41. The molecule has 0 aliphatic heterocycles. The molecule has 1 aromatic heterocycles. The summed E-state index contributed by atoms with van der Waals surface area (Å²) in [6, 6.07) is 0. The molecule has 1 unspecified atom stereocenters. The van der Waals surface area contributed by atoms with Crippen molar-refractivity contribution in [1.29, 1.82) is 0 Å². The number of aryl methyl sites for hydroxylation is 1. The highest BCUT2D eigenvalue weighted by Crippen LogP contribution is 2.43. The summed E-state index contributed by atoms with van der Waals surface area (Å²) in [6.07, 6.45) is 6.12. The molecule has 0 saturated heterocycles. The molecule has 4 nitrogen and oxygen atoms in total. The van der Waals surface area contributed by atoms with Crippen LogP contribution >= 0.6 is 0 Å². The van der Waals surface area contributed by atoms with Gasteiger partial charge in [-0.05, 0) is 31.1 Å². The van der Waals surface area contributed by atoms with Gasteiger partial charge in [-0.2, -0.15) is 4.98 Å². The van der Waals surface area contributed by atoms with Crippen molar-refractivity contribution in [2.24, 2.45) is 11.1 Å². The fourth-order valence-corrected chi connectivity index (χ4v) is 2.88. The second-order valence-corrected chi connectivity index (χ2v) is 6.11. The summed E-state index contributed by atoms with van der Waals surface area (Å²) >= 11 is 0. The third-order valence-electron chi connectivity index (χ3n) is 3.65. The summed E-state index contributed by atoms with van der Waals surface area (Å²) in [6.45, 7) is 6.63. The van der Waals surface area contributed by atoms with E-state index >= 15 is 0 Å². The van der Waals surface area contributed by atoms with Crippen molar-refractivity contribution in [1.82, 2.24) is 10.1 Å². The van der Waals surface area contributed by atoms with Crippen LogP contribution in [0.25, 0.3) is 0 Å². The summed E-state index contributed by atoms with van der Waals surface area (Å²) < 4.78 is 5.25. The Hall–Kier alpha value is -0.900. The zero-order valence-electron chi connectivity index (χ0n) is 11.1. The molecule has 1 aromatic rings. The van der Waals surface area contributed by atoms with Gasteiger partial charge in [-0.25, -0.2) is 0 Å². The maximum Gasteiger partial charge on any atom is 0.226 e. The van der Waals surface area contributed by atoms with Crippen LogP contribution in [0.4, 0.5) is 0 Å². The van der Waals surface area contributed by atoms with Gasteiger partial charge in [-0.15, -0.1) is 0 Å². The van der Waals surface area contributed by atoms with Crippen molar-refractivity contribution < 1.29 is 4.52 Å². The summed E-state index contributed by atoms with van der Waals surface area (Å²) in [4.78, 5) is 4.46. The van der Waals surface area contributed by atoms with Crippen molar-refractivity contribution in [3.63, 3.8) is 0 Å². The quantitative estimate of drug-likeness (QED) is 0.878. The Morgan fingerprint density at radius 1 is 1.35 bits per heavy atom. The SMILES string of the molecule is CCCc1nc(C2(N)CCCC(C)(C)C2)no1. The molecular weight excluding hydrogens is 214 g/mol. The molecule has 96 valence electrons. The molecule has 1 aliphatic rings. The van der Waals surface area contributed by atoms with E-state index in [1.54, 1.807) is 0 Å². The smallest absolute Gasteiger partial charge is 0.226 e. The number of hydrogen-bond donors (Lipinski definition) is 1. The number of rotatable bonds is 3. The predicted octanol–water partition coefficient (Wildman–Crippen LogP) is 2.78. The molecule has 2 N–H and O–H groups in total. The number of nitrogens with zero attached hydrogens (tertiary/aromatic N) is 2. The van der Waals surface area contributed by atoms with Crippen LogP contribution in [-0.4, -0.2) is 10.1 Å². The fraction of sp³-hybridized carbons (Fsp3) is 0.846. The van der Waals surface area contributed by atoms with Gasteiger partial charge in [0.15, 0.2) is 5.82 Å². The largest absolute Gasteiger partial charge is 0.339 e. The van der Waals surface area contributed by atoms with Crippen molar-refractivity contribution in [3.8, 4) is 0 Å². The minimum Gasteiger partial charge on any atom is -0.339 e. The summed E-state index contributed by atoms with van der Waals surface area (Å²) in [5, 5.41) is 4.08. The highest BCUT2D eigenvalue weighted by molar-refractivity contribution is 5.08. The standard InChI is InChI=1S/C13H23N3O/c1-4-6-10-15-11(16-17-10)13(14)8-5-7-12(2,3)9-13/h4-9,14H2,1-3H3. The van der Waals surface area contributed by atoms with Crippen LogP contribution in [0.3, 0.4) is 0 Å². The Morgan fingerprint density at radius 2 is 2.12 bits per heavy atom. The molecule has 1 atom stereocenters. The third-order valence-corrected chi connectivity index (χ3v) is 3.65. The minimum atomic E-state index is -0.392. The van der Waals surface area contributed by atoms with Gasteiger partial charge in [0, 0.05) is 6.42 Å². The first kappa shape index (κ1) is 12.6. The lowest BCUT2D eigenvalue weighted by atomic mass is 9.68. The lowest BCUT2D eigenvalue weighted by Gasteiger charge is -2.40. The first-order valence-corrected chi connectivity index (χ1v) is 6.57. The van der Waals surface area contributed by atoms with Crippen LogP contribution in [0.5, 0.6) is 0 Å². The van der Waals surface area contributed by atoms with E-state index in [1.807, 2.05) is 0 Å². The molecule has 0 amide bonds. The highest BCUT2D eigenvalue weighted by Gasteiger charge is 2.41. The molecule has 4 heteroatoms. The van der Waals surface area contributed by atoms with E-state index in [2.05, 4.69) is 30.9 Å². The number of hydrogen-bond acceptors (Lipinski definition) is 4. The Labute approximate surface area is 103 Å². The van der Waals surface area contributed by atoms with Gasteiger partial charge in [0.1, 0.15) is 0 Å². The first-order chi connectivity index (χ1) is 7.95. The van der Waals surface area contributed by atoms with E-state index < -0.39 is 5.54 Å². The normalized spacial score (nSPS) is 28.2. The maximum absolute atomic E-state index is 6.48. The average Bonchev–Trinajstić information content (AvgIpc) is 2.65. The van der Waals surface area contributed by atoms with Crippen molar-refractivity contribution in [2.45, 2.75) is 64.8 Å². The Balaban J connectivity index is 2.18. The molecule has 0 spiro atoms.